The Balaban J connectivity index is 2.02. The first-order chi connectivity index (χ1) is 11.7. The van der Waals surface area contributed by atoms with Crippen LogP contribution in [0.5, 0.6) is 0 Å². The lowest BCUT2D eigenvalue weighted by Gasteiger charge is -2.05. The van der Waals surface area contributed by atoms with E-state index in [1.54, 1.807) is 11.3 Å². The van der Waals surface area contributed by atoms with E-state index in [2.05, 4.69) is 29.1 Å². The fourth-order valence-electron chi connectivity index (χ4n) is 3.25. The molecule has 0 radical (unpaired) electrons. The zero-order chi connectivity index (χ0) is 16.3. The van der Waals surface area contributed by atoms with Crippen LogP contribution in [-0.4, -0.2) is 19.7 Å². The van der Waals surface area contributed by atoms with Gasteiger partial charge in [0.2, 0.25) is 0 Å². The first-order valence-corrected chi connectivity index (χ1v) is 8.63. The minimum absolute atomic E-state index is 1.00. The molecule has 0 saturated heterocycles. The molecule has 4 nitrogen and oxygen atoms in total. The SMILES string of the molecule is Cc1nc2c(sc3nccc(C)c32)c2c1cnn2-c1ccccc1. The van der Waals surface area contributed by atoms with Crippen molar-refractivity contribution in [1.29, 1.82) is 0 Å². The van der Waals surface area contributed by atoms with Crippen molar-refractivity contribution in [2.75, 3.05) is 0 Å². The molecule has 0 atom stereocenters. The Hall–Kier alpha value is -2.79. The summed E-state index contributed by atoms with van der Waals surface area (Å²) in [5.41, 5.74) is 5.42. The molecule has 5 aromatic rings. The number of aryl methyl sites for hydroxylation is 2. The van der Waals surface area contributed by atoms with E-state index in [-0.39, 0.29) is 0 Å². The molecular weight excluding hydrogens is 316 g/mol. The molecule has 0 unspecified atom stereocenters. The normalized spacial score (nSPS) is 11.8. The molecule has 0 amide bonds. The molecule has 0 fully saturated rings. The highest BCUT2D eigenvalue weighted by atomic mass is 32.1. The van der Waals surface area contributed by atoms with E-state index in [0.717, 1.165) is 42.7 Å². The fraction of sp³-hybridized carbons (Fsp3) is 0.105. The van der Waals surface area contributed by atoms with Gasteiger partial charge < -0.3 is 0 Å². The lowest BCUT2D eigenvalue weighted by Crippen LogP contribution is -1.96. The van der Waals surface area contributed by atoms with Crippen molar-refractivity contribution < 1.29 is 0 Å². The summed E-state index contributed by atoms with van der Waals surface area (Å²) in [6.07, 6.45) is 3.78. The van der Waals surface area contributed by atoms with E-state index in [1.165, 1.54) is 5.56 Å². The second kappa shape index (κ2) is 4.85. The van der Waals surface area contributed by atoms with Gasteiger partial charge in [0.15, 0.2) is 0 Å². The van der Waals surface area contributed by atoms with Crippen molar-refractivity contribution in [3.05, 3.63) is 60.0 Å². The zero-order valence-electron chi connectivity index (χ0n) is 13.3. The number of nitrogens with zero attached hydrogens (tertiary/aromatic N) is 4. The smallest absolute Gasteiger partial charge is 0.126 e. The molecule has 0 bridgehead atoms. The van der Waals surface area contributed by atoms with Crippen molar-refractivity contribution in [3.8, 4) is 5.69 Å². The minimum Gasteiger partial charge on any atom is -0.251 e. The van der Waals surface area contributed by atoms with Gasteiger partial charge in [-0.15, -0.1) is 11.3 Å². The summed E-state index contributed by atoms with van der Waals surface area (Å²) in [5.74, 6) is 0. The molecule has 1 aromatic carbocycles. The highest BCUT2D eigenvalue weighted by Crippen LogP contribution is 2.38. The molecule has 4 aromatic heterocycles. The Morgan fingerprint density at radius 1 is 1.04 bits per heavy atom. The number of aromatic nitrogens is 4. The predicted molar refractivity (Wildman–Crippen MR) is 99.0 cm³/mol. The van der Waals surface area contributed by atoms with Gasteiger partial charge in [-0.25, -0.2) is 9.67 Å². The maximum atomic E-state index is 4.88. The second-order valence-corrected chi connectivity index (χ2v) is 6.94. The lowest BCUT2D eigenvalue weighted by molar-refractivity contribution is 0.914. The maximum Gasteiger partial charge on any atom is 0.126 e. The monoisotopic (exact) mass is 330 g/mol. The van der Waals surface area contributed by atoms with Gasteiger partial charge in [-0.3, -0.25) is 4.98 Å². The van der Waals surface area contributed by atoms with Crippen molar-refractivity contribution >= 4 is 42.7 Å². The standard InChI is InChI=1S/C19H14N4S/c1-11-8-9-20-19-15(11)16-18(24-19)17-14(12(2)22-16)10-21-23(17)13-6-4-3-5-7-13/h3-10H,1-2H3. The zero-order valence-corrected chi connectivity index (χ0v) is 14.1. The Morgan fingerprint density at radius 2 is 1.88 bits per heavy atom. The third-order valence-corrected chi connectivity index (χ3v) is 5.52. The molecule has 116 valence electrons. The van der Waals surface area contributed by atoms with Crippen molar-refractivity contribution in [3.63, 3.8) is 0 Å². The number of hydrogen-bond acceptors (Lipinski definition) is 4. The van der Waals surface area contributed by atoms with Crippen LogP contribution in [0.4, 0.5) is 0 Å². The first-order valence-electron chi connectivity index (χ1n) is 7.81. The van der Waals surface area contributed by atoms with Gasteiger partial charge in [-0.1, -0.05) is 18.2 Å². The van der Waals surface area contributed by atoms with Crippen LogP contribution in [0.3, 0.4) is 0 Å². The Kier molecular flexibility index (Phi) is 2.76. The number of para-hydroxylation sites is 1. The van der Waals surface area contributed by atoms with E-state index in [0.29, 0.717) is 0 Å². The third kappa shape index (κ3) is 1.76. The Morgan fingerprint density at radius 3 is 2.71 bits per heavy atom. The molecule has 5 heteroatoms. The Labute approximate surface area is 142 Å². The number of hydrogen-bond donors (Lipinski definition) is 0. The second-order valence-electron chi connectivity index (χ2n) is 5.94. The molecule has 5 rings (SSSR count). The van der Waals surface area contributed by atoms with E-state index in [4.69, 9.17) is 4.98 Å². The van der Waals surface area contributed by atoms with Crippen LogP contribution in [0, 0.1) is 13.8 Å². The Bertz CT molecular complexity index is 1220. The minimum atomic E-state index is 1.00. The highest BCUT2D eigenvalue weighted by Gasteiger charge is 2.18. The fourth-order valence-corrected chi connectivity index (χ4v) is 4.45. The van der Waals surface area contributed by atoms with Gasteiger partial charge in [0.25, 0.3) is 0 Å². The van der Waals surface area contributed by atoms with Crippen LogP contribution in [-0.2, 0) is 0 Å². The number of benzene rings is 1. The predicted octanol–water partition coefficient (Wildman–Crippen LogP) is 4.80. The van der Waals surface area contributed by atoms with E-state index in [1.807, 2.05) is 48.3 Å². The van der Waals surface area contributed by atoms with Crippen molar-refractivity contribution in [2.24, 2.45) is 0 Å². The summed E-state index contributed by atoms with van der Waals surface area (Å²) in [7, 11) is 0. The maximum absolute atomic E-state index is 4.88. The van der Waals surface area contributed by atoms with Gasteiger partial charge in [0.1, 0.15) is 4.83 Å². The summed E-state index contributed by atoms with van der Waals surface area (Å²) in [4.78, 5) is 10.5. The molecular formula is C19H14N4S. The van der Waals surface area contributed by atoms with Gasteiger partial charge in [-0.2, -0.15) is 5.10 Å². The lowest BCUT2D eigenvalue weighted by atomic mass is 10.1. The third-order valence-electron chi connectivity index (χ3n) is 4.43. The van der Waals surface area contributed by atoms with Gasteiger partial charge >= 0.3 is 0 Å². The summed E-state index contributed by atoms with van der Waals surface area (Å²) in [6, 6.07) is 12.3. The quantitative estimate of drug-likeness (QED) is 0.443. The molecule has 0 aliphatic carbocycles. The number of rotatable bonds is 1. The molecule has 24 heavy (non-hydrogen) atoms. The molecule has 0 saturated carbocycles. The van der Waals surface area contributed by atoms with Gasteiger partial charge in [-0.05, 0) is 37.6 Å². The van der Waals surface area contributed by atoms with Crippen LogP contribution in [0.15, 0.2) is 48.8 Å². The molecule has 0 spiro atoms. The number of pyridine rings is 2. The summed E-state index contributed by atoms with van der Waals surface area (Å²) in [5, 5.41) is 6.88. The van der Waals surface area contributed by atoms with E-state index < -0.39 is 0 Å². The molecule has 0 N–H and O–H groups in total. The van der Waals surface area contributed by atoms with Crippen LogP contribution in [0.25, 0.3) is 37.0 Å². The number of fused-ring (bicyclic) bond motifs is 5. The highest BCUT2D eigenvalue weighted by molar-refractivity contribution is 7.26. The first kappa shape index (κ1) is 13.6. The summed E-state index contributed by atoms with van der Waals surface area (Å²) in [6.45, 7) is 4.17. The van der Waals surface area contributed by atoms with Gasteiger partial charge in [0, 0.05) is 22.7 Å². The van der Waals surface area contributed by atoms with Crippen molar-refractivity contribution in [1.82, 2.24) is 19.7 Å². The average Bonchev–Trinajstić information content (AvgIpc) is 3.18. The van der Waals surface area contributed by atoms with E-state index in [9.17, 15) is 0 Å². The van der Waals surface area contributed by atoms with Crippen LogP contribution >= 0.6 is 11.3 Å². The topological polar surface area (TPSA) is 43.6 Å². The average molecular weight is 330 g/mol. The van der Waals surface area contributed by atoms with Gasteiger partial charge in [0.05, 0.1) is 27.6 Å². The molecule has 0 aliphatic rings. The molecule has 4 heterocycles. The van der Waals surface area contributed by atoms with Crippen LogP contribution < -0.4 is 0 Å². The van der Waals surface area contributed by atoms with Crippen molar-refractivity contribution in [2.45, 2.75) is 13.8 Å². The van der Waals surface area contributed by atoms with Crippen LogP contribution in [0.1, 0.15) is 11.3 Å². The summed E-state index contributed by atoms with van der Waals surface area (Å²) < 4.78 is 3.16. The molecule has 0 aliphatic heterocycles. The van der Waals surface area contributed by atoms with Crippen LogP contribution in [0.2, 0.25) is 0 Å². The summed E-state index contributed by atoms with van der Waals surface area (Å²) >= 11 is 1.69. The largest absolute Gasteiger partial charge is 0.251 e. The van der Waals surface area contributed by atoms with E-state index >= 15 is 0 Å². The number of thiophene rings is 1.